The number of nitrogens with zero attached hydrogens (tertiary/aromatic N) is 1. The Labute approximate surface area is 165 Å². The summed E-state index contributed by atoms with van der Waals surface area (Å²) < 4.78 is 0. The van der Waals surface area contributed by atoms with E-state index < -0.39 is 11.5 Å². The molecule has 4 N–H and O–H groups in total. The lowest BCUT2D eigenvalue weighted by molar-refractivity contribution is -0.129. The maximum atomic E-state index is 12.0. The van der Waals surface area contributed by atoms with Gasteiger partial charge >= 0.3 is 0 Å². The number of nitrogens with one attached hydrogen (secondary N) is 1. The SMILES string of the molecule is NC(=O)c1cnc(Cc2ccccc2)cc1NC1[C@@H]2CC3C[C@H]1CC(O)(C3)C2. The first-order valence-electron chi connectivity index (χ1n) is 10.3. The molecule has 4 bridgehead atoms. The first kappa shape index (κ1) is 17.7. The van der Waals surface area contributed by atoms with Gasteiger partial charge < -0.3 is 16.2 Å². The standard InChI is InChI=1S/C23H27N3O2/c24-22(27)19-13-25-18(8-14-4-2-1-3-5-14)9-20(19)26-21-16-6-15-7-17(21)12-23(28,10-15)11-16/h1-5,9,13,15-17,21,28H,6-8,10-12H2,(H2,24,27)(H,25,26)/t15?,16-,17+,21?,23?. The summed E-state index contributed by atoms with van der Waals surface area (Å²) in [4.78, 5) is 16.5. The van der Waals surface area contributed by atoms with Crippen LogP contribution in [0.5, 0.6) is 0 Å². The van der Waals surface area contributed by atoms with Gasteiger partial charge in [0.2, 0.25) is 0 Å². The molecule has 0 radical (unpaired) electrons. The Morgan fingerprint density at radius 2 is 1.89 bits per heavy atom. The Kier molecular flexibility index (Phi) is 4.16. The van der Waals surface area contributed by atoms with Gasteiger partial charge in [-0.3, -0.25) is 9.78 Å². The highest BCUT2D eigenvalue weighted by Crippen LogP contribution is 2.56. The van der Waals surface area contributed by atoms with E-state index in [1.807, 2.05) is 24.3 Å². The molecule has 146 valence electrons. The summed E-state index contributed by atoms with van der Waals surface area (Å²) in [5, 5.41) is 14.5. The van der Waals surface area contributed by atoms with Gasteiger partial charge in [0.25, 0.3) is 5.91 Å². The van der Waals surface area contributed by atoms with E-state index in [-0.39, 0.29) is 0 Å². The minimum Gasteiger partial charge on any atom is -0.390 e. The van der Waals surface area contributed by atoms with Crippen molar-refractivity contribution in [3.63, 3.8) is 0 Å². The smallest absolute Gasteiger partial charge is 0.252 e. The van der Waals surface area contributed by atoms with Gasteiger partial charge in [-0.05, 0) is 61.5 Å². The maximum Gasteiger partial charge on any atom is 0.252 e. The van der Waals surface area contributed by atoms with Gasteiger partial charge in [0.15, 0.2) is 0 Å². The summed E-state index contributed by atoms with van der Waals surface area (Å²) in [6.07, 6.45) is 7.36. The van der Waals surface area contributed by atoms with Gasteiger partial charge in [0.1, 0.15) is 0 Å². The molecule has 0 saturated heterocycles. The molecule has 5 heteroatoms. The molecule has 5 nitrogen and oxygen atoms in total. The molecule has 3 unspecified atom stereocenters. The van der Waals surface area contributed by atoms with E-state index in [0.717, 1.165) is 30.6 Å². The quantitative estimate of drug-likeness (QED) is 0.747. The third-order valence-corrected chi connectivity index (χ3v) is 7.02. The molecular formula is C23H27N3O2. The normalized spacial score (nSPS) is 33.0. The summed E-state index contributed by atoms with van der Waals surface area (Å²) >= 11 is 0. The number of primary amides is 1. The molecule has 5 atom stereocenters. The highest BCUT2D eigenvalue weighted by molar-refractivity contribution is 5.98. The molecule has 4 aliphatic carbocycles. The first-order valence-corrected chi connectivity index (χ1v) is 10.3. The van der Waals surface area contributed by atoms with Crippen molar-refractivity contribution in [3.8, 4) is 0 Å². The van der Waals surface area contributed by atoms with Crippen molar-refractivity contribution in [3.05, 3.63) is 59.4 Å². The van der Waals surface area contributed by atoms with Crippen LogP contribution in [0.25, 0.3) is 0 Å². The minimum atomic E-state index is -0.460. The zero-order chi connectivity index (χ0) is 19.3. The largest absolute Gasteiger partial charge is 0.390 e. The lowest BCUT2D eigenvalue weighted by Gasteiger charge is -2.58. The van der Waals surface area contributed by atoms with Crippen molar-refractivity contribution in [1.29, 1.82) is 0 Å². The van der Waals surface area contributed by atoms with Crippen LogP contribution in [0.2, 0.25) is 0 Å². The number of anilines is 1. The molecule has 4 aliphatic rings. The third kappa shape index (κ3) is 3.18. The van der Waals surface area contributed by atoms with Crippen LogP contribution in [-0.4, -0.2) is 27.6 Å². The van der Waals surface area contributed by atoms with Crippen LogP contribution >= 0.6 is 0 Å². The van der Waals surface area contributed by atoms with Crippen LogP contribution in [0, 0.1) is 17.8 Å². The lowest BCUT2D eigenvalue weighted by Crippen LogP contribution is -2.59. The van der Waals surface area contributed by atoms with Crippen LogP contribution in [0.1, 0.15) is 53.7 Å². The van der Waals surface area contributed by atoms with Crippen molar-refractivity contribution in [2.75, 3.05) is 5.32 Å². The van der Waals surface area contributed by atoms with E-state index >= 15 is 0 Å². The zero-order valence-corrected chi connectivity index (χ0v) is 16.0. The second-order valence-corrected chi connectivity index (χ2v) is 9.11. The molecule has 0 aliphatic heterocycles. The van der Waals surface area contributed by atoms with E-state index in [4.69, 9.17) is 5.73 Å². The van der Waals surface area contributed by atoms with Gasteiger partial charge in [-0.15, -0.1) is 0 Å². The lowest BCUT2D eigenvalue weighted by atomic mass is 9.52. The number of nitrogens with two attached hydrogens (primary N) is 1. The highest BCUT2D eigenvalue weighted by Gasteiger charge is 2.54. The van der Waals surface area contributed by atoms with Crippen LogP contribution in [0.4, 0.5) is 5.69 Å². The second-order valence-electron chi connectivity index (χ2n) is 9.11. The number of benzene rings is 1. The average Bonchev–Trinajstić information content (AvgIpc) is 2.64. The summed E-state index contributed by atoms with van der Waals surface area (Å²) in [6.45, 7) is 0. The summed E-state index contributed by atoms with van der Waals surface area (Å²) in [7, 11) is 0. The number of hydrogen-bond acceptors (Lipinski definition) is 4. The minimum absolute atomic E-state index is 0.293. The third-order valence-electron chi connectivity index (χ3n) is 7.02. The number of amides is 1. The van der Waals surface area contributed by atoms with Gasteiger partial charge in [-0.25, -0.2) is 0 Å². The Balaban J connectivity index is 1.42. The summed E-state index contributed by atoms with van der Waals surface area (Å²) in [6, 6.07) is 12.5. The van der Waals surface area contributed by atoms with Crippen LogP contribution in [0.15, 0.2) is 42.6 Å². The highest BCUT2D eigenvalue weighted by atomic mass is 16.3. The number of aromatic nitrogens is 1. The molecule has 28 heavy (non-hydrogen) atoms. The van der Waals surface area contributed by atoms with Crippen LogP contribution < -0.4 is 11.1 Å². The molecule has 6 rings (SSSR count). The van der Waals surface area contributed by atoms with Gasteiger partial charge in [-0.2, -0.15) is 0 Å². The van der Waals surface area contributed by atoms with Crippen molar-refractivity contribution in [1.82, 2.24) is 4.98 Å². The molecule has 1 heterocycles. The monoisotopic (exact) mass is 377 g/mol. The van der Waals surface area contributed by atoms with Crippen LogP contribution in [-0.2, 0) is 6.42 Å². The Morgan fingerprint density at radius 1 is 1.18 bits per heavy atom. The molecule has 4 fully saturated rings. The van der Waals surface area contributed by atoms with Crippen molar-refractivity contribution < 1.29 is 9.90 Å². The molecule has 2 aromatic rings. The number of carbonyl (C=O) groups excluding carboxylic acids is 1. The fourth-order valence-corrected chi connectivity index (χ4v) is 6.11. The number of aliphatic hydroxyl groups is 1. The number of rotatable bonds is 5. The molecular weight excluding hydrogens is 350 g/mol. The number of carbonyl (C=O) groups is 1. The molecule has 1 aromatic heterocycles. The zero-order valence-electron chi connectivity index (χ0n) is 16.0. The number of hydrogen-bond donors (Lipinski definition) is 3. The molecule has 1 aromatic carbocycles. The fourth-order valence-electron chi connectivity index (χ4n) is 6.11. The van der Waals surface area contributed by atoms with E-state index in [1.54, 1.807) is 6.20 Å². The van der Waals surface area contributed by atoms with Crippen molar-refractivity contribution in [2.45, 2.75) is 50.2 Å². The van der Waals surface area contributed by atoms with E-state index in [9.17, 15) is 9.90 Å². The van der Waals surface area contributed by atoms with E-state index in [0.29, 0.717) is 35.8 Å². The predicted molar refractivity (Wildman–Crippen MR) is 108 cm³/mol. The second kappa shape index (κ2) is 6.59. The topological polar surface area (TPSA) is 88.2 Å². The van der Waals surface area contributed by atoms with Crippen molar-refractivity contribution in [2.24, 2.45) is 23.5 Å². The Morgan fingerprint density at radius 3 is 2.54 bits per heavy atom. The average molecular weight is 377 g/mol. The maximum absolute atomic E-state index is 12.0. The Bertz CT molecular complexity index is 882. The molecule has 4 saturated carbocycles. The number of pyridine rings is 1. The van der Waals surface area contributed by atoms with Crippen molar-refractivity contribution >= 4 is 11.6 Å². The predicted octanol–water partition coefficient (Wildman–Crippen LogP) is 3.12. The van der Waals surface area contributed by atoms with Gasteiger partial charge in [0, 0.05) is 24.4 Å². The fraction of sp³-hybridized carbons (Fsp3) is 0.478. The molecule has 0 spiro atoms. The van der Waals surface area contributed by atoms with Crippen LogP contribution in [0.3, 0.4) is 0 Å². The summed E-state index contributed by atoms with van der Waals surface area (Å²) in [5.74, 6) is 1.12. The molecule has 1 amide bonds. The van der Waals surface area contributed by atoms with Gasteiger partial charge in [0.05, 0.1) is 16.9 Å². The summed E-state index contributed by atoms with van der Waals surface area (Å²) in [5.41, 5.74) is 8.51. The Hall–Kier alpha value is -2.40. The van der Waals surface area contributed by atoms with E-state index in [2.05, 4.69) is 22.4 Å². The first-order chi connectivity index (χ1) is 13.5. The van der Waals surface area contributed by atoms with E-state index in [1.165, 1.54) is 18.4 Å². The van der Waals surface area contributed by atoms with Gasteiger partial charge in [-0.1, -0.05) is 30.3 Å².